The molecule has 1 aliphatic heterocycles. The fraction of sp³-hybridized carbons (Fsp3) is 0.889. The van der Waals surface area contributed by atoms with Crippen molar-refractivity contribution in [2.45, 2.75) is 37.9 Å². The van der Waals surface area contributed by atoms with Crippen LogP contribution < -0.4 is 0 Å². The zero-order valence-corrected chi connectivity index (χ0v) is 6.86. The molecule has 2 aliphatic carbocycles. The quantitative estimate of drug-likeness (QED) is 0.589. The third-order valence-corrected chi connectivity index (χ3v) is 2.96. The van der Waals surface area contributed by atoms with Gasteiger partial charge in [-0.2, -0.15) is 0 Å². The Labute approximate surface area is 71.0 Å². The topological polar surface area (TPSA) is 35.5 Å². The normalized spacial score (nSPS) is 40.8. The van der Waals surface area contributed by atoms with Crippen molar-refractivity contribution < 1.29 is 14.3 Å². The van der Waals surface area contributed by atoms with Crippen LogP contribution in [0.4, 0.5) is 4.79 Å². The van der Waals surface area contributed by atoms with E-state index in [1.807, 2.05) is 0 Å². The fourth-order valence-corrected chi connectivity index (χ4v) is 1.96. The van der Waals surface area contributed by atoms with Crippen LogP contribution in [-0.2, 0) is 9.47 Å². The Balaban J connectivity index is 1.75. The van der Waals surface area contributed by atoms with Crippen LogP contribution in [0.5, 0.6) is 0 Å². The zero-order chi connectivity index (χ0) is 8.13. The van der Waals surface area contributed by atoms with Gasteiger partial charge >= 0.3 is 6.16 Å². The van der Waals surface area contributed by atoms with Crippen LogP contribution in [0.3, 0.4) is 0 Å². The lowest BCUT2D eigenvalue weighted by molar-refractivity contribution is 0.112. The van der Waals surface area contributed by atoms with E-state index < -0.39 is 6.16 Å². The van der Waals surface area contributed by atoms with Crippen molar-refractivity contribution in [3.63, 3.8) is 0 Å². The van der Waals surface area contributed by atoms with Gasteiger partial charge in [-0.1, -0.05) is 0 Å². The van der Waals surface area contributed by atoms with Crippen LogP contribution in [0.2, 0.25) is 0 Å². The summed E-state index contributed by atoms with van der Waals surface area (Å²) in [6.07, 6.45) is 4.61. The van der Waals surface area contributed by atoms with E-state index in [2.05, 4.69) is 0 Å². The maximum atomic E-state index is 10.9. The average molecular weight is 168 g/mol. The molecule has 2 unspecified atom stereocenters. The second-order valence-electron chi connectivity index (χ2n) is 4.09. The first-order chi connectivity index (χ1) is 5.84. The maximum absolute atomic E-state index is 10.9. The predicted molar refractivity (Wildman–Crippen MR) is 40.6 cm³/mol. The summed E-state index contributed by atoms with van der Waals surface area (Å²) in [5.74, 6) is 1.23. The summed E-state index contributed by atoms with van der Waals surface area (Å²) < 4.78 is 10.3. The highest BCUT2D eigenvalue weighted by Gasteiger charge is 2.52. The van der Waals surface area contributed by atoms with Crippen LogP contribution in [0, 0.1) is 11.8 Å². The monoisotopic (exact) mass is 168 g/mol. The summed E-state index contributed by atoms with van der Waals surface area (Å²) >= 11 is 0. The highest BCUT2D eigenvalue weighted by Crippen LogP contribution is 2.46. The first kappa shape index (κ1) is 6.75. The van der Waals surface area contributed by atoms with Crippen molar-refractivity contribution in [3.05, 3.63) is 0 Å². The van der Waals surface area contributed by atoms with E-state index >= 15 is 0 Å². The summed E-state index contributed by atoms with van der Waals surface area (Å²) in [5.41, 5.74) is 0. The van der Waals surface area contributed by atoms with Gasteiger partial charge in [-0.25, -0.2) is 4.79 Å². The minimum atomic E-state index is -0.441. The SMILES string of the molecule is O=C1OC(C2CC2)C(C2CC2)O1. The highest BCUT2D eigenvalue weighted by atomic mass is 16.8. The lowest BCUT2D eigenvalue weighted by Crippen LogP contribution is -2.26. The van der Waals surface area contributed by atoms with E-state index in [1.165, 1.54) is 25.7 Å². The summed E-state index contributed by atoms with van der Waals surface area (Å²) in [6, 6.07) is 0. The Morgan fingerprint density at radius 2 is 1.33 bits per heavy atom. The molecule has 0 amide bonds. The molecule has 3 fully saturated rings. The largest absolute Gasteiger partial charge is 0.509 e. The maximum Gasteiger partial charge on any atom is 0.509 e. The van der Waals surface area contributed by atoms with E-state index in [1.54, 1.807) is 0 Å². The summed E-state index contributed by atoms with van der Waals surface area (Å²) in [4.78, 5) is 10.9. The third-order valence-electron chi connectivity index (χ3n) is 2.96. The molecule has 0 aromatic rings. The number of rotatable bonds is 2. The zero-order valence-electron chi connectivity index (χ0n) is 6.86. The van der Waals surface area contributed by atoms with Gasteiger partial charge < -0.3 is 9.47 Å². The Morgan fingerprint density at radius 3 is 1.67 bits per heavy atom. The number of hydrogen-bond donors (Lipinski definition) is 0. The summed E-state index contributed by atoms with van der Waals surface area (Å²) in [6.45, 7) is 0. The van der Waals surface area contributed by atoms with Crippen molar-refractivity contribution in [2.75, 3.05) is 0 Å². The molecule has 3 nitrogen and oxygen atoms in total. The third kappa shape index (κ3) is 0.993. The molecule has 2 saturated carbocycles. The lowest BCUT2D eigenvalue weighted by atomic mass is 10.1. The van der Waals surface area contributed by atoms with Gasteiger partial charge in [0.1, 0.15) is 12.2 Å². The minimum Gasteiger partial charge on any atom is -0.427 e. The van der Waals surface area contributed by atoms with Gasteiger partial charge in [0.25, 0.3) is 0 Å². The fourth-order valence-electron chi connectivity index (χ4n) is 1.96. The van der Waals surface area contributed by atoms with Gasteiger partial charge in [0.05, 0.1) is 0 Å². The summed E-state index contributed by atoms with van der Waals surface area (Å²) in [7, 11) is 0. The van der Waals surface area contributed by atoms with Crippen LogP contribution in [-0.4, -0.2) is 18.4 Å². The van der Waals surface area contributed by atoms with Gasteiger partial charge in [-0.05, 0) is 37.5 Å². The average Bonchev–Trinajstić information content (AvgIpc) is 2.92. The van der Waals surface area contributed by atoms with Crippen molar-refractivity contribution in [2.24, 2.45) is 11.8 Å². The Kier molecular flexibility index (Phi) is 1.21. The van der Waals surface area contributed by atoms with E-state index in [0.717, 1.165) is 0 Å². The molecular weight excluding hydrogens is 156 g/mol. The van der Waals surface area contributed by atoms with E-state index in [4.69, 9.17) is 9.47 Å². The molecule has 3 rings (SSSR count). The molecule has 0 radical (unpaired) electrons. The Bertz CT molecular complexity index is 196. The van der Waals surface area contributed by atoms with Gasteiger partial charge in [0.15, 0.2) is 0 Å². The van der Waals surface area contributed by atoms with Crippen LogP contribution in [0.15, 0.2) is 0 Å². The second kappa shape index (κ2) is 2.15. The molecule has 1 heterocycles. The first-order valence-corrected chi connectivity index (χ1v) is 4.72. The standard InChI is InChI=1S/C9H12O3/c10-9-11-7(5-1-2-5)8(12-9)6-3-4-6/h5-8H,1-4H2. The molecule has 3 aliphatic rings. The molecule has 0 N–H and O–H groups in total. The van der Waals surface area contributed by atoms with Crippen molar-refractivity contribution in [1.29, 1.82) is 0 Å². The minimum absolute atomic E-state index is 0.102. The Morgan fingerprint density at radius 1 is 0.917 bits per heavy atom. The highest BCUT2D eigenvalue weighted by molar-refractivity contribution is 5.62. The molecule has 0 spiro atoms. The van der Waals surface area contributed by atoms with Gasteiger partial charge in [0.2, 0.25) is 0 Å². The molecule has 2 atom stereocenters. The first-order valence-electron chi connectivity index (χ1n) is 4.72. The molecule has 66 valence electrons. The molecule has 0 aromatic carbocycles. The van der Waals surface area contributed by atoms with E-state index in [0.29, 0.717) is 11.8 Å². The smallest absolute Gasteiger partial charge is 0.427 e. The molecule has 1 saturated heterocycles. The van der Waals surface area contributed by atoms with Crippen LogP contribution >= 0.6 is 0 Å². The summed E-state index contributed by atoms with van der Waals surface area (Å²) in [5, 5.41) is 0. The molecular formula is C9H12O3. The number of cyclic esters (lactones) is 2. The van der Waals surface area contributed by atoms with Crippen LogP contribution in [0.1, 0.15) is 25.7 Å². The van der Waals surface area contributed by atoms with E-state index in [-0.39, 0.29) is 12.2 Å². The molecule has 3 heteroatoms. The van der Waals surface area contributed by atoms with Crippen LogP contribution in [0.25, 0.3) is 0 Å². The molecule has 12 heavy (non-hydrogen) atoms. The van der Waals surface area contributed by atoms with Crippen molar-refractivity contribution >= 4 is 6.16 Å². The number of hydrogen-bond acceptors (Lipinski definition) is 3. The van der Waals surface area contributed by atoms with Crippen molar-refractivity contribution in [3.8, 4) is 0 Å². The number of ether oxygens (including phenoxy) is 2. The van der Waals surface area contributed by atoms with Gasteiger partial charge in [-0.15, -0.1) is 0 Å². The molecule has 0 aromatic heterocycles. The van der Waals surface area contributed by atoms with Gasteiger partial charge in [0, 0.05) is 0 Å². The van der Waals surface area contributed by atoms with E-state index in [9.17, 15) is 4.79 Å². The lowest BCUT2D eigenvalue weighted by Gasteiger charge is -2.12. The second-order valence-corrected chi connectivity index (χ2v) is 4.09. The Hall–Kier alpha value is -0.730. The molecule has 0 bridgehead atoms. The van der Waals surface area contributed by atoms with Crippen molar-refractivity contribution in [1.82, 2.24) is 0 Å². The number of carbonyl (C=O) groups is 1. The predicted octanol–water partition coefficient (Wildman–Crippen LogP) is 1.71. The van der Waals surface area contributed by atoms with Gasteiger partial charge in [-0.3, -0.25) is 0 Å². The number of carbonyl (C=O) groups excluding carboxylic acids is 1.